The molecule has 0 amide bonds. The van der Waals surface area contributed by atoms with E-state index in [4.69, 9.17) is 4.52 Å². The SMILES string of the molecule is CCNC(=NCC(C)c1c(C)noc1C)NC(C)c1ccc(F)c(F)c1. The first kappa shape index (κ1) is 19.9. The van der Waals surface area contributed by atoms with Gasteiger partial charge in [-0.3, -0.25) is 4.99 Å². The Kier molecular flexibility index (Phi) is 6.71. The van der Waals surface area contributed by atoms with Gasteiger partial charge in [0, 0.05) is 24.6 Å². The fraction of sp³-hybridized carbons (Fsp3) is 0.474. The molecule has 0 spiro atoms. The molecule has 2 N–H and O–H groups in total. The van der Waals surface area contributed by atoms with Crippen LogP contribution in [-0.2, 0) is 0 Å². The Morgan fingerprint density at radius 2 is 1.96 bits per heavy atom. The van der Waals surface area contributed by atoms with Crippen molar-refractivity contribution in [1.29, 1.82) is 0 Å². The number of hydrogen-bond donors (Lipinski definition) is 2. The van der Waals surface area contributed by atoms with Crippen molar-refractivity contribution in [3.63, 3.8) is 0 Å². The number of aliphatic imine (C=N–C) groups is 1. The predicted molar refractivity (Wildman–Crippen MR) is 98.3 cm³/mol. The number of hydrogen-bond acceptors (Lipinski definition) is 3. The Morgan fingerprint density at radius 1 is 1.23 bits per heavy atom. The van der Waals surface area contributed by atoms with Crippen molar-refractivity contribution in [2.75, 3.05) is 13.1 Å². The number of benzene rings is 1. The van der Waals surface area contributed by atoms with Crippen LogP contribution in [0.1, 0.15) is 55.3 Å². The van der Waals surface area contributed by atoms with Crippen LogP contribution in [0.5, 0.6) is 0 Å². The zero-order chi connectivity index (χ0) is 19.3. The molecule has 7 heteroatoms. The molecule has 2 unspecified atom stereocenters. The summed E-state index contributed by atoms with van der Waals surface area (Å²) in [4.78, 5) is 4.61. The summed E-state index contributed by atoms with van der Waals surface area (Å²) in [5.41, 5.74) is 2.59. The van der Waals surface area contributed by atoms with Gasteiger partial charge >= 0.3 is 0 Å². The molecule has 0 saturated carbocycles. The lowest BCUT2D eigenvalue weighted by Gasteiger charge is -2.19. The molecule has 2 aromatic rings. The van der Waals surface area contributed by atoms with Crippen LogP contribution >= 0.6 is 0 Å². The van der Waals surface area contributed by atoms with Crippen LogP contribution in [0.4, 0.5) is 8.78 Å². The fourth-order valence-corrected chi connectivity index (χ4v) is 2.90. The standard InChI is InChI=1S/C19H26F2N4O/c1-6-22-19(23-10-11(2)18-13(4)25-26-14(18)5)24-12(3)15-7-8-16(20)17(21)9-15/h7-9,11-12H,6,10H2,1-5H3,(H2,22,23,24). The monoisotopic (exact) mass is 364 g/mol. The lowest BCUT2D eigenvalue weighted by molar-refractivity contribution is 0.391. The molecule has 1 aromatic heterocycles. The number of aryl methyl sites for hydroxylation is 2. The highest BCUT2D eigenvalue weighted by Crippen LogP contribution is 2.23. The van der Waals surface area contributed by atoms with E-state index in [0.717, 1.165) is 23.1 Å². The van der Waals surface area contributed by atoms with Gasteiger partial charge in [-0.2, -0.15) is 0 Å². The zero-order valence-electron chi connectivity index (χ0n) is 15.9. The van der Waals surface area contributed by atoms with Crippen molar-refractivity contribution < 1.29 is 13.3 Å². The highest BCUT2D eigenvalue weighted by molar-refractivity contribution is 5.80. The molecular weight excluding hydrogens is 338 g/mol. The summed E-state index contributed by atoms with van der Waals surface area (Å²) < 4.78 is 31.8. The van der Waals surface area contributed by atoms with Crippen LogP contribution in [0.3, 0.4) is 0 Å². The molecule has 1 aromatic carbocycles. The van der Waals surface area contributed by atoms with Crippen molar-refractivity contribution in [2.45, 2.75) is 46.6 Å². The third kappa shape index (κ3) is 4.80. The minimum absolute atomic E-state index is 0.148. The lowest BCUT2D eigenvalue weighted by Crippen LogP contribution is -2.39. The van der Waals surface area contributed by atoms with E-state index in [2.05, 4.69) is 27.7 Å². The second kappa shape index (κ2) is 8.78. The Bertz CT molecular complexity index is 753. The summed E-state index contributed by atoms with van der Waals surface area (Å²) in [6, 6.07) is 3.67. The van der Waals surface area contributed by atoms with Gasteiger partial charge < -0.3 is 15.2 Å². The number of nitrogens with zero attached hydrogens (tertiary/aromatic N) is 2. The van der Waals surface area contributed by atoms with E-state index in [1.54, 1.807) is 6.07 Å². The van der Waals surface area contributed by atoms with Crippen LogP contribution in [0, 0.1) is 25.5 Å². The summed E-state index contributed by atoms with van der Waals surface area (Å²) in [5.74, 6) is -0.142. The van der Waals surface area contributed by atoms with Crippen LogP contribution in [-0.4, -0.2) is 24.2 Å². The van der Waals surface area contributed by atoms with Gasteiger partial charge in [-0.25, -0.2) is 8.78 Å². The normalized spacial score (nSPS) is 14.2. The van der Waals surface area contributed by atoms with Gasteiger partial charge in [0.25, 0.3) is 0 Å². The summed E-state index contributed by atoms with van der Waals surface area (Å²) in [5, 5.41) is 10.4. The summed E-state index contributed by atoms with van der Waals surface area (Å²) in [6.45, 7) is 11.0. The second-order valence-electron chi connectivity index (χ2n) is 6.40. The first-order chi connectivity index (χ1) is 12.3. The van der Waals surface area contributed by atoms with Gasteiger partial charge in [0.15, 0.2) is 17.6 Å². The summed E-state index contributed by atoms with van der Waals surface area (Å²) >= 11 is 0. The smallest absolute Gasteiger partial charge is 0.191 e. The van der Waals surface area contributed by atoms with Crippen LogP contribution in [0.15, 0.2) is 27.7 Å². The Labute approximate surface area is 152 Å². The molecule has 2 atom stereocenters. The Morgan fingerprint density at radius 3 is 2.54 bits per heavy atom. The van der Waals surface area contributed by atoms with Gasteiger partial charge in [-0.15, -0.1) is 0 Å². The predicted octanol–water partition coefficient (Wildman–Crippen LogP) is 3.99. The quantitative estimate of drug-likeness (QED) is 0.601. The number of aromatic nitrogens is 1. The number of nitrogens with one attached hydrogen (secondary N) is 2. The summed E-state index contributed by atoms with van der Waals surface area (Å²) in [7, 11) is 0. The maximum absolute atomic E-state index is 13.4. The molecule has 0 saturated heterocycles. The van der Waals surface area contributed by atoms with E-state index in [1.807, 2.05) is 27.7 Å². The first-order valence-electron chi connectivity index (χ1n) is 8.76. The fourth-order valence-electron chi connectivity index (χ4n) is 2.90. The van der Waals surface area contributed by atoms with E-state index in [0.29, 0.717) is 24.6 Å². The average Bonchev–Trinajstić information content (AvgIpc) is 2.93. The van der Waals surface area contributed by atoms with Gasteiger partial charge in [0.05, 0.1) is 11.7 Å². The zero-order valence-corrected chi connectivity index (χ0v) is 15.9. The third-order valence-electron chi connectivity index (χ3n) is 4.25. The number of guanidine groups is 1. The molecule has 0 radical (unpaired) electrons. The van der Waals surface area contributed by atoms with Crippen LogP contribution in [0.2, 0.25) is 0 Å². The van der Waals surface area contributed by atoms with Crippen LogP contribution < -0.4 is 10.6 Å². The average molecular weight is 364 g/mol. The van der Waals surface area contributed by atoms with E-state index in [9.17, 15) is 8.78 Å². The Balaban J connectivity index is 2.09. The van der Waals surface area contributed by atoms with Crippen molar-refractivity contribution in [3.8, 4) is 0 Å². The maximum Gasteiger partial charge on any atom is 0.191 e. The molecule has 2 rings (SSSR count). The van der Waals surface area contributed by atoms with Gasteiger partial charge in [0.1, 0.15) is 5.76 Å². The third-order valence-corrected chi connectivity index (χ3v) is 4.25. The molecule has 0 aliphatic rings. The minimum Gasteiger partial charge on any atom is -0.361 e. The van der Waals surface area contributed by atoms with Crippen LogP contribution in [0.25, 0.3) is 0 Å². The highest BCUT2D eigenvalue weighted by Gasteiger charge is 2.17. The van der Waals surface area contributed by atoms with Crippen molar-refractivity contribution >= 4 is 5.96 Å². The van der Waals surface area contributed by atoms with Crippen molar-refractivity contribution in [3.05, 3.63) is 52.4 Å². The molecule has 0 bridgehead atoms. The Hall–Kier alpha value is -2.44. The molecule has 142 valence electrons. The second-order valence-corrected chi connectivity index (χ2v) is 6.40. The van der Waals surface area contributed by atoms with E-state index >= 15 is 0 Å². The molecule has 0 fully saturated rings. The number of halogens is 2. The largest absolute Gasteiger partial charge is 0.361 e. The van der Waals surface area contributed by atoms with Crippen molar-refractivity contribution in [1.82, 2.24) is 15.8 Å². The molecular formula is C19H26F2N4O. The van der Waals surface area contributed by atoms with Gasteiger partial charge in [-0.1, -0.05) is 18.1 Å². The molecule has 0 aliphatic carbocycles. The first-order valence-corrected chi connectivity index (χ1v) is 8.76. The van der Waals surface area contributed by atoms with E-state index < -0.39 is 11.6 Å². The summed E-state index contributed by atoms with van der Waals surface area (Å²) in [6.07, 6.45) is 0. The minimum atomic E-state index is -0.856. The van der Waals surface area contributed by atoms with Gasteiger partial charge in [-0.05, 0) is 45.4 Å². The molecule has 1 heterocycles. The topological polar surface area (TPSA) is 62.5 Å². The highest BCUT2D eigenvalue weighted by atomic mass is 19.2. The van der Waals surface area contributed by atoms with E-state index in [1.165, 1.54) is 6.07 Å². The maximum atomic E-state index is 13.4. The molecule has 26 heavy (non-hydrogen) atoms. The van der Waals surface area contributed by atoms with Crippen molar-refractivity contribution in [2.24, 2.45) is 4.99 Å². The number of rotatable bonds is 6. The molecule has 0 aliphatic heterocycles. The van der Waals surface area contributed by atoms with Gasteiger partial charge in [0.2, 0.25) is 0 Å². The molecule has 5 nitrogen and oxygen atoms in total. The lowest BCUT2D eigenvalue weighted by atomic mass is 10.00. The van der Waals surface area contributed by atoms with E-state index in [-0.39, 0.29) is 12.0 Å².